The van der Waals surface area contributed by atoms with Crippen LogP contribution in [-0.2, 0) is 19.4 Å². The summed E-state index contributed by atoms with van der Waals surface area (Å²) in [5.41, 5.74) is 1.81. The number of carbonyl (C=O) groups is 1. The molecule has 1 unspecified atom stereocenters. The summed E-state index contributed by atoms with van der Waals surface area (Å²) in [6, 6.07) is 10.7. The van der Waals surface area contributed by atoms with Gasteiger partial charge in [-0.2, -0.15) is 0 Å². The fraction of sp³-hybridized carbons (Fsp3) is 0.333. The number of piperidine rings is 1. The first-order valence-corrected chi connectivity index (χ1v) is 12.1. The van der Waals surface area contributed by atoms with E-state index in [9.17, 15) is 17.6 Å². The van der Waals surface area contributed by atoms with Gasteiger partial charge in [0.2, 0.25) is 9.84 Å². The Morgan fingerprint density at radius 2 is 1.97 bits per heavy atom. The van der Waals surface area contributed by atoms with Crippen LogP contribution in [-0.4, -0.2) is 39.1 Å². The molecule has 4 rings (SSSR count). The minimum atomic E-state index is -3.93. The highest BCUT2D eigenvalue weighted by Crippen LogP contribution is 2.38. The molecule has 3 aromatic rings. The molecular formula is C24H25FN2O4S. The monoisotopic (exact) mass is 456 g/mol. The lowest BCUT2D eigenvalue weighted by Crippen LogP contribution is -2.40. The maximum absolute atomic E-state index is 14.2. The Morgan fingerprint density at radius 3 is 2.69 bits per heavy atom. The number of anilines is 1. The Labute approximate surface area is 186 Å². The number of benzene rings is 2. The molecule has 1 saturated heterocycles. The summed E-state index contributed by atoms with van der Waals surface area (Å²) in [6.07, 6.45) is 2.68. The third-order valence-electron chi connectivity index (χ3n) is 5.75. The summed E-state index contributed by atoms with van der Waals surface area (Å²) in [4.78, 5) is 18.7. The van der Waals surface area contributed by atoms with Gasteiger partial charge in [-0.3, -0.25) is 9.78 Å². The molecule has 168 valence electrons. The van der Waals surface area contributed by atoms with Crippen molar-refractivity contribution in [3.63, 3.8) is 0 Å². The molecule has 1 aliphatic rings. The van der Waals surface area contributed by atoms with Crippen LogP contribution in [0.1, 0.15) is 25.3 Å². The van der Waals surface area contributed by atoms with Crippen molar-refractivity contribution in [1.29, 1.82) is 0 Å². The summed E-state index contributed by atoms with van der Waals surface area (Å²) in [7, 11) is -3.93. The van der Waals surface area contributed by atoms with E-state index in [-0.39, 0.29) is 28.3 Å². The number of ether oxygens (including phenoxy) is 1. The van der Waals surface area contributed by atoms with Gasteiger partial charge in [0.15, 0.2) is 0 Å². The maximum Gasteiger partial charge on any atom is 0.310 e. The van der Waals surface area contributed by atoms with Crippen molar-refractivity contribution in [2.45, 2.75) is 36.5 Å². The number of sulfone groups is 1. The number of hydrogen-bond acceptors (Lipinski definition) is 6. The third kappa shape index (κ3) is 4.19. The second kappa shape index (κ2) is 8.86. The molecule has 2 aromatic carbocycles. The fourth-order valence-corrected chi connectivity index (χ4v) is 5.57. The van der Waals surface area contributed by atoms with Crippen LogP contribution in [0.4, 0.5) is 10.1 Å². The van der Waals surface area contributed by atoms with Crippen LogP contribution in [0.15, 0.2) is 58.5 Å². The van der Waals surface area contributed by atoms with Gasteiger partial charge in [-0.15, -0.1) is 0 Å². The van der Waals surface area contributed by atoms with E-state index in [0.29, 0.717) is 42.5 Å². The van der Waals surface area contributed by atoms with Crippen molar-refractivity contribution in [3.8, 4) is 0 Å². The number of aromatic nitrogens is 1. The highest BCUT2D eigenvalue weighted by atomic mass is 32.2. The van der Waals surface area contributed by atoms with Crippen LogP contribution in [0.2, 0.25) is 0 Å². The van der Waals surface area contributed by atoms with Crippen molar-refractivity contribution in [2.24, 2.45) is 5.92 Å². The number of carbonyl (C=O) groups excluding carboxylic acids is 1. The predicted molar refractivity (Wildman–Crippen MR) is 120 cm³/mol. The molecule has 2 heterocycles. The molecule has 0 spiro atoms. The van der Waals surface area contributed by atoms with Crippen molar-refractivity contribution >= 4 is 32.4 Å². The van der Waals surface area contributed by atoms with Crippen LogP contribution in [0, 0.1) is 18.7 Å². The van der Waals surface area contributed by atoms with Crippen LogP contribution >= 0.6 is 0 Å². The smallest absolute Gasteiger partial charge is 0.310 e. The maximum atomic E-state index is 14.2. The SMILES string of the molecule is CCOC(=O)C1CCCN(c2c(S(=O)(=O)c3ccc(C)cc3)cnc3ccc(F)cc23)C1. The molecule has 1 aromatic heterocycles. The minimum absolute atomic E-state index is 0.00367. The van der Waals surface area contributed by atoms with Gasteiger partial charge in [0.05, 0.1) is 28.6 Å². The number of esters is 1. The Morgan fingerprint density at radius 1 is 1.22 bits per heavy atom. The first-order valence-electron chi connectivity index (χ1n) is 10.6. The van der Waals surface area contributed by atoms with Crippen molar-refractivity contribution in [1.82, 2.24) is 4.98 Å². The zero-order valence-corrected chi connectivity index (χ0v) is 18.9. The fourth-order valence-electron chi connectivity index (χ4n) is 4.13. The van der Waals surface area contributed by atoms with E-state index in [1.807, 2.05) is 11.8 Å². The van der Waals surface area contributed by atoms with Gasteiger partial charge >= 0.3 is 5.97 Å². The lowest BCUT2D eigenvalue weighted by molar-refractivity contribution is -0.148. The molecule has 1 fully saturated rings. The second-order valence-electron chi connectivity index (χ2n) is 7.99. The van der Waals surface area contributed by atoms with Crippen LogP contribution in [0.5, 0.6) is 0 Å². The largest absolute Gasteiger partial charge is 0.466 e. The summed E-state index contributed by atoms with van der Waals surface area (Å²) >= 11 is 0. The summed E-state index contributed by atoms with van der Waals surface area (Å²) in [6.45, 7) is 4.76. The first-order chi connectivity index (χ1) is 15.3. The molecule has 0 radical (unpaired) electrons. The highest BCUT2D eigenvalue weighted by Gasteiger charge is 2.32. The standard InChI is InChI=1S/C24H25FN2O4S/c1-3-31-24(28)17-5-4-12-27(15-17)23-20-13-18(25)8-11-21(20)26-14-22(23)32(29,30)19-9-6-16(2)7-10-19/h6-11,13-14,17H,3-5,12,15H2,1-2H3. The van der Waals surface area contributed by atoms with E-state index in [2.05, 4.69) is 4.98 Å². The normalized spacial score (nSPS) is 16.8. The molecule has 0 aliphatic carbocycles. The number of halogens is 1. The predicted octanol–water partition coefficient (Wildman–Crippen LogP) is 4.29. The molecule has 8 heteroatoms. The summed E-state index contributed by atoms with van der Waals surface area (Å²) < 4.78 is 46.6. The van der Waals surface area contributed by atoms with Gasteiger partial charge in [0.25, 0.3) is 0 Å². The number of hydrogen-bond donors (Lipinski definition) is 0. The second-order valence-corrected chi connectivity index (χ2v) is 9.90. The number of rotatable bonds is 5. The van der Waals surface area contributed by atoms with Gasteiger partial charge in [-0.25, -0.2) is 12.8 Å². The van der Waals surface area contributed by atoms with Gasteiger partial charge in [-0.1, -0.05) is 17.7 Å². The minimum Gasteiger partial charge on any atom is -0.466 e. The van der Waals surface area contributed by atoms with Gasteiger partial charge in [0.1, 0.15) is 10.7 Å². The van der Waals surface area contributed by atoms with E-state index < -0.39 is 15.7 Å². The quantitative estimate of drug-likeness (QED) is 0.533. The van der Waals surface area contributed by atoms with Gasteiger partial charge in [0, 0.05) is 24.7 Å². The van der Waals surface area contributed by atoms with Crippen LogP contribution in [0.3, 0.4) is 0 Å². The van der Waals surface area contributed by atoms with E-state index in [0.717, 1.165) is 5.56 Å². The average Bonchev–Trinajstić information content (AvgIpc) is 2.78. The van der Waals surface area contributed by atoms with Gasteiger partial charge in [-0.05, 0) is 57.0 Å². The number of aryl methyl sites for hydroxylation is 1. The average molecular weight is 457 g/mol. The molecule has 0 amide bonds. The van der Waals surface area contributed by atoms with Crippen LogP contribution in [0.25, 0.3) is 10.9 Å². The molecule has 32 heavy (non-hydrogen) atoms. The Kier molecular flexibility index (Phi) is 6.15. The molecule has 6 nitrogen and oxygen atoms in total. The van der Waals surface area contributed by atoms with E-state index in [1.54, 1.807) is 31.2 Å². The number of nitrogens with zero attached hydrogens (tertiary/aromatic N) is 2. The Bertz CT molecular complexity index is 1260. The Hall–Kier alpha value is -3.00. The Balaban J connectivity index is 1.88. The van der Waals surface area contributed by atoms with Crippen molar-refractivity contribution in [2.75, 3.05) is 24.6 Å². The first kappa shape index (κ1) is 22.2. The summed E-state index contributed by atoms with van der Waals surface area (Å²) in [5.74, 6) is -1.16. The summed E-state index contributed by atoms with van der Waals surface area (Å²) in [5, 5.41) is 0.405. The van der Waals surface area contributed by atoms with Crippen LogP contribution < -0.4 is 4.90 Å². The molecular weight excluding hydrogens is 431 g/mol. The molecule has 1 aliphatic heterocycles. The lowest BCUT2D eigenvalue weighted by atomic mass is 9.97. The zero-order chi connectivity index (χ0) is 22.9. The third-order valence-corrected chi connectivity index (χ3v) is 7.52. The topological polar surface area (TPSA) is 76.6 Å². The molecule has 0 saturated carbocycles. The van der Waals surface area contributed by atoms with E-state index in [4.69, 9.17) is 4.74 Å². The molecule has 0 bridgehead atoms. The zero-order valence-electron chi connectivity index (χ0n) is 18.0. The number of fused-ring (bicyclic) bond motifs is 1. The highest BCUT2D eigenvalue weighted by molar-refractivity contribution is 7.91. The van der Waals surface area contributed by atoms with Gasteiger partial charge < -0.3 is 9.64 Å². The molecule has 0 N–H and O–H groups in total. The van der Waals surface area contributed by atoms with Crippen molar-refractivity contribution in [3.05, 3.63) is 60.0 Å². The lowest BCUT2D eigenvalue weighted by Gasteiger charge is -2.35. The molecule has 1 atom stereocenters. The van der Waals surface area contributed by atoms with E-state index >= 15 is 0 Å². The van der Waals surface area contributed by atoms with Crippen molar-refractivity contribution < 1.29 is 22.3 Å². The van der Waals surface area contributed by atoms with E-state index in [1.165, 1.54) is 24.4 Å². The number of pyridine rings is 1.